The Morgan fingerprint density at radius 2 is 2.05 bits per heavy atom. The van der Waals surface area contributed by atoms with E-state index in [1.807, 2.05) is 0 Å². The summed E-state index contributed by atoms with van der Waals surface area (Å²) in [6.45, 7) is -0.0466. The highest BCUT2D eigenvalue weighted by atomic mass is 16.4. The summed E-state index contributed by atoms with van der Waals surface area (Å²) >= 11 is 0. The first kappa shape index (κ1) is 13.1. The quantitative estimate of drug-likeness (QED) is 0.809. The van der Waals surface area contributed by atoms with Crippen LogP contribution >= 0.6 is 0 Å². The van der Waals surface area contributed by atoms with E-state index in [9.17, 15) is 14.4 Å². The smallest absolute Gasteiger partial charge is 0.303 e. The molecule has 1 saturated heterocycles. The first-order valence-electron chi connectivity index (χ1n) is 5.94. The Kier molecular flexibility index (Phi) is 3.79. The molecule has 1 aromatic carbocycles. The van der Waals surface area contributed by atoms with Crippen LogP contribution in [0.4, 0.5) is 5.69 Å². The number of aryl methyl sites for hydroxylation is 1. The summed E-state index contributed by atoms with van der Waals surface area (Å²) in [6, 6.07) is 7.06. The number of para-hydroxylation sites is 1. The van der Waals surface area contributed by atoms with Crippen LogP contribution in [0.25, 0.3) is 0 Å². The van der Waals surface area contributed by atoms with Gasteiger partial charge in [0.2, 0.25) is 11.8 Å². The lowest BCUT2D eigenvalue weighted by molar-refractivity contribution is -0.137. The Balaban J connectivity index is 2.25. The molecule has 2 N–H and O–H groups in total. The number of hydrogen-bond acceptors (Lipinski definition) is 3. The lowest BCUT2D eigenvalue weighted by Crippen LogP contribution is -2.52. The Bertz CT molecular complexity index is 527. The van der Waals surface area contributed by atoms with E-state index in [1.165, 1.54) is 4.90 Å². The predicted octanol–water partition coefficient (Wildman–Crippen LogP) is 0.167. The average Bonchev–Trinajstić information content (AvgIpc) is 2.39. The minimum Gasteiger partial charge on any atom is -0.481 e. The topological polar surface area (TPSA) is 86.7 Å². The minimum atomic E-state index is -0.891. The van der Waals surface area contributed by atoms with Gasteiger partial charge in [-0.15, -0.1) is 0 Å². The molecule has 0 aliphatic carbocycles. The lowest BCUT2D eigenvalue weighted by atomic mass is 10.1. The van der Waals surface area contributed by atoms with Gasteiger partial charge in [-0.2, -0.15) is 0 Å². The molecule has 0 spiro atoms. The van der Waals surface area contributed by atoms with Gasteiger partial charge in [0.15, 0.2) is 0 Å². The molecule has 0 radical (unpaired) electrons. The zero-order valence-corrected chi connectivity index (χ0v) is 10.3. The number of rotatable bonds is 4. The second kappa shape index (κ2) is 5.51. The highest BCUT2D eigenvalue weighted by molar-refractivity contribution is 6.04. The van der Waals surface area contributed by atoms with Crippen LogP contribution in [0, 0.1) is 0 Å². The van der Waals surface area contributed by atoms with Crippen molar-refractivity contribution in [3.63, 3.8) is 0 Å². The molecule has 6 nitrogen and oxygen atoms in total. The van der Waals surface area contributed by atoms with E-state index in [4.69, 9.17) is 5.11 Å². The normalized spacial score (nSPS) is 15.3. The molecule has 1 heterocycles. The highest BCUT2D eigenvalue weighted by Gasteiger charge is 2.25. The number of carboxylic acids is 1. The zero-order valence-electron chi connectivity index (χ0n) is 10.3. The Labute approximate surface area is 110 Å². The largest absolute Gasteiger partial charge is 0.481 e. The number of anilines is 1. The predicted molar refractivity (Wildman–Crippen MR) is 67.8 cm³/mol. The molecule has 2 rings (SSSR count). The third-order valence-electron chi connectivity index (χ3n) is 2.93. The molecular formula is C13H14N2O4. The number of carbonyl (C=O) groups is 3. The van der Waals surface area contributed by atoms with Gasteiger partial charge in [-0.05, 0) is 18.1 Å². The monoisotopic (exact) mass is 262 g/mol. The SMILES string of the molecule is O=C(O)CCc1ccccc1N1CC(=O)NCC1=O. The van der Waals surface area contributed by atoms with Crippen LogP contribution in [-0.2, 0) is 20.8 Å². The molecular weight excluding hydrogens is 248 g/mol. The molecule has 0 aromatic heterocycles. The molecule has 1 fully saturated rings. The molecule has 1 aliphatic rings. The fourth-order valence-corrected chi connectivity index (χ4v) is 2.00. The third-order valence-corrected chi connectivity index (χ3v) is 2.93. The van der Waals surface area contributed by atoms with Crippen LogP contribution in [-0.4, -0.2) is 36.0 Å². The summed E-state index contributed by atoms with van der Waals surface area (Å²) in [5, 5.41) is 11.2. The van der Waals surface area contributed by atoms with Gasteiger partial charge in [0.05, 0.1) is 6.54 Å². The second-order valence-electron chi connectivity index (χ2n) is 4.28. The van der Waals surface area contributed by atoms with Crippen LogP contribution in [0.1, 0.15) is 12.0 Å². The first-order chi connectivity index (χ1) is 9.08. The van der Waals surface area contributed by atoms with Crippen molar-refractivity contribution >= 4 is 23.5 Å². The standard InChI is InChI=1S/C13H14N2O4/c16-11-8-15(12(17)7-14-11)10-4-2-1-3-9(10)5-6-13(18)19/h1-4H,5-8H2,(H,14,16)(H,18,19). The van der Waals surface area contributed by atoms with Crippen LogP contribution in [0.15, 0.2) is 24.3 Å². The van der Waals surface area contributed by atoms with Crippen molar-refractivity contribution in [1.29, 1.82) is 0 Å². The summed E-state index contributed by atoms with van der Waals surface area (Å²) in [6.07, 6.45) is 0.322. The number of carboxylic acid groups (broad SMARTS) is 1. The number of nitrogens with one attached hydrogen (secondary N) is 1. The van der Waals surface area contributed by atoms with Gasteiger partial charge in [0, 0.05) is 12.1 Å². The Morgan fingerprint density at radius 1 is 1.32 bits per heavy atom. The summed E-state index contributed by atoms with van der Waals surface area (Å²) in [7, 11) is 0. The van der Waals surface area contributed by atoms with E-state index >= 15 is 0 Å². The summed E-state index contributed by atoms with van der Waals surface area (Å²) in [5.41, 5.74) is 1.37. The molecule has 6 heteroatoms. The maximum atomic E-state index is 11.8. The van der Waals surface area contributed by atoms with E-state index in [1.54, 1.807) is 24.3 Å². The number of aliphatic carboxylic acids is 1. The lowest BCUT2D eigenvalue weighted by Gasteiger charge is -2.28. The maximum Gasteiger partial charge on any atom is 0.303 e. The first-order valence-corrected chi connectivity index (χ1v) is 5.94. The molecule has 0 unspecified atom stereocenters. The number of carbonyl (C=O) groups excluding carboxylic acids is 2. The van der Waals surface area contributed by atoms with Crippen LogP contribution < -0.4 is 10.2 Å². The number of benzene rings is 1. The van der Waals surface area contributed by atoms with E-state index in [-0.39, 0.29) is 31.3 Å². The summed E-state index contributed by atoms with van der Waals surface area (Å²) in [4.78, 5) is 35.2. The van der Waals surface area contributed by atoms with Crippen LogP contribution in [0.3, 0.4) is 0 Å². The minimum absolute atomic E-state index is 0.00869. The molecule has 0 atom stereocenters. The number of nitrogens with zero attached hydrogens (tertiary/aromatic N) is 1. The fraction of sp³-hybridized carbons (Fsp3) is 0.308. The van der Waals surface area contributed by atoms with Crippen molar-refractivity contribution < 1.29 is 19.5 Å². The molecule has 0 saturated carbocycles. The van der Waals surface area contributed by atoms with E-state index in [0.29, 0.717) is 12.1 Å². The van der Waals surface area contributed by atoms with E-state index in [2.05, 4.69) is 5.32 Å². The summed E-state index contributed by atoms with van der Waals surface area (Å²) < 4.78 is 0. The van der Waals surface area contributed by atoms with E-state index in [0.717, 1.165) is 5.56 Å². The van der Waals surface area contributed by atoms with Gasteiger partial charge in [0.25, 0.3) is 0 Å². The van der Waals surface area contributed by atoms with Gasteiger partial charge in [-0.3, -0.25) is 14.4 Å². The number of amides is 2. The molecule has 0 bridgehead atoms. The number of piperazine rings is 1. The molecule has 1 aromatic rings. The molecule has 1 aliphatic heterocycles. The van der Waals surface area contributed by atoms with Crippen molar-refractivity contribution in [3.8, 4) is 0 Å². The van der Waals surface area contributed by atoms with Crippen molar-refractivity contribution in [2.45, 2.75) is 12.8 Å². The Hall–Kier alpha value is -2.37. The van der Waals surface area contributed by atoms with Crippen molar-refractivity contribution in [2.24, 2.45) is 0 Å². The van der Waals surface area contributed by atoms with Gasteiger partial charge in [-0.25, -0.2) is 0 Å². The average molecular weight is 262 g/mol. The van der Waals surface area contributed by atoms with Gasteiger partial charge >= 0.3 is 5.97 Å². The van der Waals surface area contributed by atoms with Crippen molar-refractivity contribution in [3.05, 3.63) is 29.8 Å². The van der Waals surface area contributed by atoms with Gasteiger partial charge < -0.3 is 15.3 Å². The van der Waals surface area contributed by atoms with E-state index < -0.39 is 5.97 Å². The van der Waals surface area contributed by atoms with Gasteiger partial charge in [-0.1, -0.05) is 18.2 Å². The zero-order chi connectivity index (χ0) is 13.8. The van der Waals surface area contributed by atoms with Crippen LogP contribution in [0.2, 0.25) is 0 Å². The second-order valence-corrected chi connectivity index (χ2v) is 4.28. The van der Waals surface area contributed by atoms with Crippen LogP contribution in [0.5, 0.6) is 0 Å². The molecule has 19 heavy (non-hydrogen) atoms. The van der Waals surface area contributed by atoms with Crippen molar-refractivity contribution in [1.82, 2.24) is 5.32 Å². The summed E-state index contributed by atoms with van der Waals surface area (Å²) in [5.74, 6) is -1.30. The van der Waals surface area contributed by atoms with Crippen molar-refractivity contribution in [2.75, 3.05) is 18.0 Å². The molecule has 100 valence electrons. The third kappa shape index (κ3) is 3.09. The molecule has 2 amide bonds. The highest BCUT2D eigenvalue weighted by Crippen LogP contribution is 2.22. The number of hydrogen-bond donors (Lipinski definition) is 2. The van der Waals surface area contributed by atoms with Gasteiger partial charge in [0.1, 0.15) is 6.54 Å². The fourth-order valence-electron chi connectivity index (χ4n) is 2.00. The maximum absolute atomic E-state index is 11.8. The Morgan fingerprint density at radius 3 is 2.79 bits per heavy atom.